The van der Waals surface area contributed by atoms with Crippen molar-refractivity contribution < 1.29 is 4.79 Å². The van der Waals surface area contributed by atoms with E-state index in [9.17, 15) is 4.79 Å². The van der Waals surface area contributed by atoms with Crippen molar-refractivity contribution in [3.8, 4) is 0 Å². The number of thiazole rings is 1. The third-order valence-electron chi connectivity index (χ3n) is 4.83. The van der Waals surface area contributed by atoms with Crippen molar-refractivity contribution >= 4 is 28.4 Å². The first-order valence-corrected chi connectivity index (χ1v) is 9.85. The second-order valence-electron chi connectivity index (χ2n) is 6.51. The highest BCUT2D eigenvalue weighted by Gasteiger charge is 2.24. The molecule has 1 saturated heterocycles. The molecule has 6 nitrogen and oxygen atoms in total. The monoisotopic (exact) mass is 367 g/mol. The summed E-state index contributed by atoms with van der Waals surface area (Å²) in [6.45, 7) is 2.14. The molecule has 1 aliphatic rings. The summed E-state index contributed by atoms with van der Waals surface area (Å²) in [5, 5.41) is 6.08. The number of piperidine rings is 1. The Labute approximate surface area is 156 Å². The van der Waals surface area contributed by atoms with Gasteiger partial charge in [0.15, 0.2) is 5.65 Å². The fourth-order valence-corrected chi connectivity index (χ4v) is 3.94. The molecule has 0 aliphatic carbocycles. The molecule has 3 aromatic rings. The molecule has 0 bridgehead atoms. The van der Waals surface area contributed by atoms with Gasteiger partial charge in [0.1, 0.15) is 0 Å². The van der Waals surface area contributed by atoms with E-state index in [0.717, 1.165) is 54.8 Å². The molecule has 4 rings (SSSR count). The molecule has 1 fully saturated rings. The highest BCUT2D eigenvalue weighted by molar-refractivity contribution is 7.07. The minimum Gasteiger partial charge on any atom is -0.338 e. The third-order valence-corrected chi connectivity index (χ3v) is 5.46. The number of rotatable bonds is 4. The molecule has 0 atom stereocenters. The lowest BCUT2D eigenvalue weighted by molar-refractivity contribution is 0.181. The van der Waals surface area contributed by atoms with Gasteiger partial charge in [0.05, 0.1) is 11.2 Å². The van der Waals surface area contributed by atoms with E-state index < -0.39 is 0 Å². The second kappa shape index (κ2) is 7.78. The Kier molecular flexibility index (Phi) is 5.06. The van der Waals surface area contributed by atoms with Crippen LogP contribution in [0.25, 0.3) is 11.0 Å². The normalized spacial score (nSPS) is 15.3. The van der Waals surface area contributed by atoms with E-state index in [0.29, 0.717) is 12.5 Å². The Hall–Kier alpha value is -2.54. The van der Waals surface area contributed by atoms with E-state index in [1.807, 2.05) is 27.9 Å². The molecule has 3 aromatic heterocycles. The summed E-state index contributed by atoms with van der Waals surface area (Å²) in [6, 6.07) is 8.15. The fourth-order valence-electron chi connectivity index (χ4n) is 3.34. The van der Waals surface area contributed by atoms with Crippen LogP contribution in [0, 0.1) is 0 Å². The zero-order valence-corrected chi connectivity index (χ0v) is 15.3. The molecule has 0 radical (unpaired) electrons. The van der Waals surface area contributed by atoms with Crippen LogP contribution in [0.3, 0.4) is 0 Å². The Morgan fingerprint density at radius 3 is 2.92 bits per heavy atom. The first-order chi connectivity index (χ1) is 12.8. The molecule has 0 saturated carbocycles. The predicted octanol–water partition coefficient (Wildman–Crippen LogP) is 3.22. The molecule has 0 unspecified atom stereocenters. The van der Waals surface area contributed by atoms with Crippen LogP contribution in [0.5, 0.6) is 0 Å². The molecule has 134 valence electrons. The molecule has 1 aliphatic heterocycles. The SMILES string of the molecule is O=C(NCCc1cscn1)N1CCC(c2ccc3cccnc3n2)CC1. The van der Waals surface area contributed by atoms with E-state index in [1.165, 1.54) is 0 Å². The predicted molar refractivity (Wildman–Crippen MR) is 102 cm³/mol. The first kappa shape index (κ1) is 16.9. The standard InChI is InChI=1S/C19H21N5OS/c25-19(21-9-5-16-12-26-13-22-16)24-10-6-14(7-11-24)17-4-3-15-2-1-8-20-18(15)23-17/h1-4,8,12-14H,5-7,9-11H2,(H,21,25). The summed E-state index contributed by atoms with van der Waals surface area (Å²) >= 11 is 1.58. The first-order valence-electron chi connectivity index (χ1n) is 8.91. The Bertz CT molecular complexity index is 875. The van der Waals surface area contributed by atoms with Crippen molar-refractivity contribution in [2.45, 2.75) is 25.2 Å². The van der Waals surface area contributed by atoms with Gasteiger partial charge in [0, 0.05) is 54.6 Å². The van der Waals surface area contributed by atoms with Gasteiger partial charge in [-0.3, -0.25) is 0 Å². The molecule has 4 heterocycles. The van der Waals surface area contributed by atoms with E-state index in [4.69, 9.17) is 4.98 Å². The van der Waals surface area contributed by atoms with Crippen molar-refractivity contribution in [2.75, 3.05) is 19.6 Å². The summed E-state index contributed by atoms with van der Waals surface area (Å²) in [5.74, 6) is 0.389. The van der Waals surface area contributed by atoms with Crippen LogP contribution < -0.4 is 5.32 Å². The highest BCUT2D eigenvalue weighted by Crippen LogP contribution is 2.27. The number of urea groups is 1. The van der Waals surface area contributed by atoms with Crippen molar-refractivity contribution in [1.29, 1.82) is 0 Å². The average molecular weight is 367 g/mol. The number of nitrogens with one attached hydrogen (secondary N) is 1. The van der Waals surface area contributed by atoms with Crippen LogP contribution in [0.2, 0.25) is 0 Å². The van der Waals surface area contributed by atoms with Crippen LogP contribution in [-0.4, -0.2) is 45.5 Å². The molecular weight excluding hydrogens is 346 g/mol. The zero-order chi connectivity index (χ0) is 17.8. The van der Waals surface area contributed by atoms with Gasteiger partial charge in [0.25, 0.3) is 0 Å². The number of carbonyl (C=O) groups excluding carboxylic acids is 1. The van der Waals surface area contributed by atoms with E-state index in [-0.39, 0.29) is 6.03 Å². The number of carbonyl (C=O) groups is 1. The Morgan fingerprint density at radius 1 is 1.23 bits per heavy atom. The second-order valence-corrected chi connectivity index (χ2v) is 7.23. The van der Waals surface area contributed by atoms with Crippen LogP contribution in [0.4, 0.5) is 4.79 Å². The Balaban J connectivity index is 1.29. The average Bonchev–Trinajstić information content (AvgIpc) is 3.21. The minimum atomic E-state index is 0.0202. The molecular formula is C19H21N5OS. The van der Waals surface area contributed by atoms with E-state index in [2.05, 4.69) is 27.4 Å². The zero-order valence-electron chi connectivity index (χ0n) is 14.5. The number of hydrogen-bond donors (Lipinski definition) is 1. The van der Waals surface area contributed by atoms with Gasteiger partial charge < -0.3 is 10.2 Å². The van der Waals surface area contributed by atoms with Crippen molar-refractivity contribution in [3.63, 3.8) is 0 Å². The van der Waals surface area contributed by atoms with Crippen molar-refractivity contribution in [2.24, 2.45) is 0 Å². The lowest BCUT2D eigenvalue weighted by Crippen LogP contribution is -2.44. The van der Waals surface area contributed by atoms with Gasteiger partial charge in [-0.15, -0.1) is 11.3 Å². The number of amides is 2. The topological polar surface area (TPSA) is 71.0 Å². The van der Waals surface area contributed by atoms with Crippen LogP contribution in [-0.2, 0) is 6.42 Å². The summed E-state index contributed by atoms with van der Waals surface area (Å²) in [4.78, 5) is 27.5. The molecule has 26 heavy (non-hydrogen) atoms. The van der Waals surface area contributed by atoms with Gasteiger partial charge in [-0.2, -0.15) is 0 Å². The van der Waals surface area contributed by atoms with Gasteiger partial charge >= 0.3 is 6.03 Å². The lowest BCUT2D eigenvalue weighted by Gasteiger charge is -2.31. The van der Waals surface area contributed by atoms with Crippen LogP contribution in [0.15, 0.2) is 41.4 Å². The number of fused-ring (bicyclic) bond motifs is 1. The summed E-state index contributed by atoms with van der Waals surface area (Å²) in [6.07, 6.45) is 4.42. The highest BCUT2D eigenvalue weighted by atomic mass is 32.1. The number of hydrogen-bond acceptors (Lipinski definition) is 5. The van der Waals surface area contributed by atoms with Gasteiger partial charge in [-0.05, 0) is 37.1 Å². The number of nitrogens with zero attached hydrogens (tertiary/aromatic N) is 4. The van der Waals surface area contributed by atoms with Crippen LogP contribution >= 0.6 is 11.3 Å². The maximum atomic E-state index is 12.3. The maximum Gasteiger partial charge on any atom is 0.317 e. The van der Waals surface area contributed by atoms with E-state index in [1.54, 1.807) is 17.5 Å². The summed E-state index contributed by atoms with van der Waals surface area (Å²) < 4.78 is 0. The van der Waals surface area contributed by atoms with Gasteiger partial charge in [-0.25, -0.2) is 19.7 Å². The van der Waals surface area contributed by atoms with E-state index >= 15 is 0 Å². The number of pyridine rings is 2. The maximum absolute atomic E-state index is 12.3. The van der Waals surface area contributed by atoms with Crippen molar-refractivity contribution in [1.82, 2.24) is 25.2 Å². The third kappa shape index (κ3) is 3.83. The Morgan fingerprint density at radius 2 is 2.12 bits per heavy atom. The minimum absolute atomic E-state index is 0.0202. The number of aromatic nitrogens is 3. The lowest BCUT2D eigenvalue weighted by atomic mass is 9.93. The van der Waals surface area contributed by atoms with Crippen LogP contribution in [0.1, 0.15) is 30.1 Å². The fraction of sp³-hybridized carbons (Fsp3) is 0.368. The summed E-state index contributed by atoms with van der Waals surface area (Å²) in [5.41, 5.74) is 4.73. The van der Waals surface area contributed by atoms with Gasteiger partial charge in [0.2, 0.25) is 0 Å². The molecule has 0 aromatic carbocycles. The quantitative estimate of drug-likeness (QED) is 0.769. The number of likely N-dealkylation sites (tertiary alicyclic amines) is 1. The van der Waals surface area contributed by atoms with Crippen molar-refractivity contribution in [3.05, 3.63) is 52.7 Å². The largest absolute Gasteiger partial charge is 0.338 e. The molecule has 2 amide bonds. The molecule has 1 N–H and O–H groups in total. The smallest absolute Gasteiger partial charge is 0.317 e. The summed E-state index contributed by atoms with van der Waals surface area (Å²) in [7, 11) is 0. The molecule has 0 spiro atoms. The van der Waals surface area contributed by atoms with Gasteiger partial charge in [-0.1, -0.05) is 0 Å². The molecule has 7 heteroatoms.